The average molecular weight is 360 g/mol. The Morgan fingerprint density at radius 2 is 1.85 bits per heavy atom. The number of aryl methyl sites for hydroxylation is 1. The number of para-hydroxylation sites is 1. The standard InChI is InChI=1S/C21H20N4S/c1-3-25-20(17-9-6-7-15(2)13-17)23-24-21(25)26-14-18-12-11-16-8-4-5-10-19(16)22-18/h4-13H,3,14H2,1-2H3. The van der Waals surface area contributed by atoms with Gasteiger partial charge in [-0.1, -0.05) is 59.8 Å². The van der Waals surface area contributed by atoms with Crippen LogP contribution in [0.15, 0.2) is 65.8 Å². The van der Waals surface area contributed by atoms with Crippen LogP contribution in [0.25, 0.3) is 22.3 Å². The highest BCUT2D eigenvalue weighted by molar-refractivity contribution is 7.98. The van der Waals surface area contributed by atoms with Gasteiger partial charge in [-0.3, -0.25) is 4.98 Å². The van der Waals surface area contributed by atoms with Crippen molar-refractivity contribution in [2.45, 2.75) is 31.3 Å². The summed E-state index contributed by atoms with van der Waals surface area (Å²) in [5.41, 5.74) is 4.41. The van der Waals surface area contributed by atoms with Crippen molar-refractivity contribution in [1.29, 1.82) is 0 Å². The summed E-state index contributed by atoms with van der Waals surface area (Å²) >= 11 is 1.68. The summed E-state index contributed by atoms with van der Waals surface area (Å²) in [7, 11) is 0. The number of aromatic nitrogens is 4. The van der Waals surface area contributed by atoms with Crippen molar-refractivity contribution in [3.8, 4) is 11.4 Å². The lowest BCUT2D eigenvalue weighted by Gasteiger charge is -2.08. The van der Waals surface area contributed by atoms with Gasteiger partial charge >= 0.3 is 0 Å². The van der Waals surface area contributed by atoms with Gasteiger partial charge in [0, 0.05) is 23.2 Å². The lowest BCUT2D eigenvalue weighted by atomic mass is 10.1. The van der Waals surface area contributed by atoms with Crippen LogP contribution in [0.2, 0.25) is 0 Å². The van der Waals surface area contributed by atoms with Crippen LogP contribution >= 0.6 is 11.8 Å². The Morgan fingerprint density at radius 3 is 2.69 bits per heavy atom. The molecule has 4 nitrogen and oxygen atoms in total. The van der Waals surface area contributed by atoms with Gasteiger partial charge in [-0.2, -0.15) is 0 Å². The van der Waals surface area contributed by atoms with Crippen molar-refractivity contribution in [1.82, 2.24) is 19.7 Å². The molecule has 5 heteroatoms. The van der Waals surface area contributed by atoms with Crippen molar-refractivity contribution >= 4 is 22.7 Å². The Kier molecular flexibility index (Phi) is 4.71. The van der Waals surface area contributed by atoms with Gasteiger partial charge in [0.2, 0.25) is 0 Å². The van der Waals surface area contributed by atoms with Gasteiger partial charge in [0.25, 0.3) is 0 Å². The first-order valence-electron chi connectivity index (χ1n) is 8.72. The van der Waals surface area contributed by atoms with Crippen LogP contribution in [-0.2, 0) is 12.3 Å². The third-order valence-electron chi connectivity index (χ3n) is 4.31. The van der Waals surface area contributed by atoms with E-state index in [4.69, 9.17) is 4.98 Å². The van der Waals surface area contributed by atoms with E-state index in [0.717, 1.165) is 40.1 Å². The van der Waals surface area contributed by atoms with Crippen molar-refractivity contribution < 1.29 is 0 Å². The quantitative estimate of drug-likeness (QED) is 0.464. The van der Waals surface area contributed by atoms with Crippen LogP contribution in [0.4, 0.5) is 0 Å². The molecule has 26 heavy (non-hydrogen) atoms. The first-order valence-corrected chi connectivity index (χ1v) is 9.71. The van der Waals surface area contributed by atoms with Gasteiger partial charge in [0.1, 0.15) is 0 Å². The zero-order chi connectivity index (χ0) is 17.9. The number of rotatable bonds is 5. The normalized spacial score (nSPS) is 11.2. The Morgan fingerprint density at radius 1 is 0.962 bits per heavy atom. The highest BCUT2D eigenvalue weighted by atomic mass is 32.2. The topological polar surface area (TPSA) is 43.6 Å². The molecule has 0 spiro atoms. The molecule has 0 aliphatic carbocycles. The van der Waals surface area contributed by atoms with E-state index >= 15 is 0 Å². The van der Waals surface area contributed by atoms with Crippen molar-refractivity contribution in [2.75, 3.05) is 0 Å². The minimum atomic E-state index is 0.775. The molecular formula is C21H20N4S. The number of benzene rings is 2. The minimum absolute atomic E-state index is 0.775. The lowest BCUT2D eigenvalue weighted by Crippen LogP contribution is -2.00. The van der Waals surface area contributed by atoms with E-state index in [1.807, 2.05) is 18.2 Å². The molecular weight excluding hydrogens is 340 g/mol. The summed E-state index contributed by atoms with van der Waals surface area (Å²) in [5, 5.41) is 10.9. The van der Waals surface area contributed by atoms with E-state index in [0.29, 0.717) is 0 Å². The Hall–Kier alpha value is -2.66. The van der Waals surface area contributed by atoms with E-state index in [-0.39, 0.29) is 0 Å². The molecule has 0 unspecified atom stereocenters. The van der Waals surface area contributed by atoms with Gasteiger partial charge in [-0.15, -0.1) is 10.2 Å². The molecule has 2 aromatic heterocycles. The van der Waals surface area contributed by atoms with E-state index in [1.54, 1.807) is 11.8 Å². The summed E-state index contributed by atoms with van der Waals surface area (Å²) in [6.07, 6.45) is 0. The predicted molar refractivity (Wildman–Crippen MR) is 107 cm³/mol. The van der Waals surface area contributed by atoms with E-state index < -0.39 is 0 Å². The highest BCUT2D eigenvalue weighted by Gasteiger charge is 2.13. The Labute approximate surface area is 157 Å². The zero-order valence-corrected chi connectivity index (χ0v) is 15.7. The van der Waals surface area contributed by atoms with Gasteiger partial charge in [0.05, 0.1) is 11.2 Å². The Bertz CT molecular complexity index is 1050. The second-order valence-corrected chi connectivity index (χ2v) is 7.15. The van der Waals surface area contributed by atoms with Crippen molar-refractivity contribution in [3.05, 3.63) is 71.9 Å². The molecule has 0 aliphatic rings. The molecule has 2 aromatic carbocycles. The van der Waals surface area contributed by atoms with E-state index in [9.17, 15) is 0 Å². The van der Waals surface area contributed by atoms with Crippen molar-refractivity contribution in [3.63, 3.8) is 0 Å². The smallest absolute Gasteiger partial charge is 0.191 e. The summed E-state index contributed by atoms with van der Waals surface area (Å²) < 4.78 is 2.17. The molecule has 130 valence electrons. The molecule has 0 radical (unpaired) electrons. The van der Waals surface area contributed by atoms with Crippen LogP contribution in [0, 0.1) is 6.92 Å². The highest BCUT2D eigenvalue weighted by Crippen LogP contribution is 2.27. The number of hydrogen-bond acceptors (Lipinski definition) is 4. The number of thioether (sulfide) groups is 1. The number of pyridine rings is 1. The van der Waals surface area contributed by atoms with E-state index in [2.05, 4.69) is 71.1 Å². The molecule has 0 saturated carbocycles. The number of hydrogen-bond donors (Lipinski definition) is 0. The van der Waals surface area contributed by atoms with Crippen LogP contribution in [0.1, 0.15) is 18.2 Å². The molecule has 4 aromatic rings. The fourth-order valence-corrected chi connectivity index (χ4v) is 3.91. The Balaban J connectivity index is 1.58. The third-order valence-corrected chi connectivity index (χ3v) is 5.31. The monoisotopic (exact) mass is 360 g/mol. The predicted octanol–water partition coefficient (Wildman–Crippen LogP) is 5.11. The van der Waals surface area contributed by atoms with Crippen LogP contribution in [0.3, 0.4) is 0 Å². The summed E-state index contributed by atoms with van der Waals surface area (Å²) in [6.45, 7) is 5.06. The maximum absolute atomic E-state index is 4.74. The fraction of sp³-hybridized carbons (Fsp3) is 0.190. The molecule has 0 aliphatic heterocycles. The van der Waals surface area contributed by atoms with Gasteiger partial charge in [-0.05, 0) is 32.0 Å². The maximum atomic E-state index is 4.74. The molecule has 2 heterocycles. The second-order valence-electron chi connectivity index (χ2n) is 6.20. The molecule has 0 saturated heterocycles. The zero-order valence-electron chi connectivity index (χ0n) is 14.9. The van der Waals surface area contributed by atoms with Crippen LogP contribution < -0.4 is 0 Å². The SMILES string of the molecule is CCn1c(SCc2ccc3ccccc3n2)nnc1-c1cccc(C)c1. The molecule has 4 rings (SSSR count). The largest absolute Gasteiger partial charge is 0.302 e. The van der Waals surface area contributed by atoms with E-state index in [1.165, 1.54) is 10.9 Å². The van der Waals surface area contributed by atoms with Crippen LogP contribution in [-0.4, -0.2) is 19.7 Å². The summed E-state index contributed by atoms with van der Waals surface area (Å²) in [4.78, 5) is 4.74. The number of fused-ring (bicyclic) bond motifs is 1. The average Bonchev–Trinajstić information content (AvgIpc) is 3.09. The summed E-state index contributed by atoms with van der Waals surface area (Å²) in [6, 6.07) is 20.8. The first kappa shape index (κ1) is 16.8. The maximum Gasteiger partial charge on any atom is 0.191 e. The van der Waals surface area contributed by atoms with Gasteiger partial charge < -0.3 is 4.57 Å². The van der Waals surface area contributed by atoms with Gasteiger partial charge in [-0.25, -0.2) is 0 Å². The lowest BCUT2D eigenvalue weighted by molar-refractivity contribution is 0.687. The summed E-state index contributed by atoms with van der Waals surface area (Å²) in [5.74, 6) is 1.70. The molecule has 0 fully saturated rings. The van der Waals surface area contributed by atoms with Crippen molar-refractivity contribution in [2.24, 2.45) is 0 Å². The number of nitrogens with zero attached hydrogens (tertiary/aromatic N) is 4. The third kappa shape index (κ3) is 3.35. The molecule has 0 atom stereocenters. The van der Waals surface area contributed by atoms with Gasteiger partial charge in [0.15, 0.2) is 11.0 Å². The second kappa shape index (κ2) is 7.30. The fourth-order valence-electron chi connectivity index (χ4n) is 3.01. The molecule has 0 amide bonds. The molecule has 0 bridgehead atoms. The molecule has 0 N–H and O–H groups in total. The first-order chi connectivity index (χ1) is 12.7. The van der Waals surface area contributed by atoms with Crippen LogP contribution in [0.5, 0.6) is 0 Å². The minimum Gasteiger partial charge on any atom is -0.302 e.